The highest BCUT2D eigenvalue weighted by Gasteiger charge is 2.16. The first-order chi connectivity index (χ1) is 12.7. The van der Waals surface area contributed by atoms with Crippen LogP contribution in [0.15, 0.2) is 18.2 Å². The Morgan fingerprint density at radius 1 is 1.11 bits per heavy atom. The van der Waals surface area contributed by atoms with Crippen LogP contribution in [0.25, 0.3) is 0 Å². The molecule has 2 N–H and O–H groups in total. The van der Waals surface area contributed by atoms with Crippen molar-refractivity contribution in [2.24, 2.45) is 0 Å². The van der Waals surface area contributed by atoms with E-state index < -0.39 is 25.1 Å². The van der Waals surface area contributed by atoms with Crippen molar-refractivity contribution in [1.29, 1.82) is 0 Å². The van der Waals surface area contributed by atoms with E-state index in [1.165, 1.54) is 12.1 Å². The van der Waals surface area contributed by atoms with Crippen molar-refractivity contribution in [1.82, 2.24) is 10.6 Å². The SMILES string of the molecule is CCOc1cc(C(=O)OCC(=O)NCC(=O)NC(C)C)ccc1OC(F)F. The minimum Gasteiger partial charge on any atom is -0.490 e. The fourth-order valence-electron chi connectivity index (χ4n) is 1.91. The molecule has 0 aliphatic heterocycles. The summed E-state index contributed by atoms with van der Waals surface area (Å²) in [4.78, 5) is 35.0. The zero-order chi connectivity index (χ0) is 20.4. The zero-order valence-electron chi connectivity index (χ0n) is 15.2. The van der Waals surface area contributed by atoms with Gasteiger partial charge in [-0.3, -0.25) is 9.59 Å². The van der Waals surface area contributed by atoms with Crippen LogP contribution in [-0.2, 0) is 14.3 Å². The van der Waals surface area contributed by atoms with Gasteiger partial charge in [0, 0.05) is 6.04 Å². The molecule has 0 aliphatic rings. The van der Waals surface area contributed by atoms with Gasteiger partial charge in [-0.15, -0.1) is 0 Å². The van der Waals surface area contributed by atoms with Crippen LogP contribution in [0.4, 0.5) is 8.78 Å². The van der Waals surface area contributed by atoms with E-state index in [0.717, 1.165) is 6.07 Å². The Balaban J connectivity index is 2.59. The van der Waals surface area contributed by atoms with Gasteiger partial charge in [-0.05, 0) is 39.0 Å². The number of esters is 1. The quantitative estimate of drug-likeness (QED) is 0.589. The van der Waals surface area contributed by atoms with Gasteiger partial charge in [0.2, 0.25) is 5.91 Å². The number of nitrogens with one attached hydrogen (secondary N) is 2. The maximum atomic E-state index is 12.4. The lowest BCUT2D eigenvalue weighted by Gasteiger charge is -2.12. The van der Waals surface area contributed by atoms with Crippen LogP contribution in [0, 0.1) is 0 Å². The fourth-order valence-corrected chi connectivity index (χ4v) is 1.91. The van der Waals surface area contributed by atoms with Gasteiger partial charge in [0.1, 0.15) is 0 Å². The summed E-state index contributed by atoms with van der Waals surface area (Å²) in [5, 5.41) is 4.89. The number of carbonyl (C=O) groups excluding carboxylic acids is 3. The second kappa shape index (κ2) is 10.9. The van der Waals surface area contributed by atoms with E-state index in [-0.39, 0.29) is 42.2 Å². The van der Waals surface area contributed by atoms with Crippen molar-refractivity contribution in [3.63, 3.8) is 0 Å². The molecule has 150 valence electrons. The van der Waals surface area contributed by atoms with Gasteiger partial charge in [-0.25, -0.2) is 4.79 Å². The molecule has 10 heteroatoms. The van der Waals surface area contributed by atoms with Crippen LogP contribution in [0.2, 0.25) is 0 Å². The molecular weight excluding hydrogens is 366 g/mol. The molecule has 27 heavy (non-hydrogen) atoms. The van der Waals surface area contributed by atoms with E-state index in [9.17, 15) is 23.2 Å². The second-order valence-corrected chi connectivity index (χ2v) is 5.55. The van der Waals surface area contributed by atoms with Crippen LogP contribution in [0.5, 0.6) is 11.5 Å². The predicted octanol–water partition coefficient (Wildman–Crippen LogP) is 1.48. The van der Waals surface area contributed by atoms with Gasteiger partial charge >= 0.3 is 12.6 Å². The molecule has 0 saturated carbocycles. The van der Waals surface area contributed by atoms with Crippen LogP contribution in [-0.4, -0.2) is 50.2 Å². The molecule has 0 aliphatic carbocycles. The molecule has 0 atom stereocenters. The van der Waals surface area contributed by atoms with Gasteiger partial charge in [-0.2, -0.15) is 8.78 Å². The van der Waals surface area contributed by atoms with Crippen molar-refractivity contribution >= 4 is 17.8 Å². The molecular formula is C17H22F2N2O6. The third-order valence-corrected chi connectivity index (χ3v) is 2.93. The standard InChI is InChI=1S/C17H22F2N2O6/c1-4-25-13-7-11(5-6-12(13)27-17(18)19)16(24)26-9-15(23)20-8-14(22)21-10(2)3/h5-7,10,17H,4,8-9H2,1-3H3,(H,20,23)(H,21,22). The summed E-state index contributed by atoms with van der Waals surface area (Å²) in [5.41, 5.74) is -0.00887. The maximum Gasteiger partial charge on any atom is 0.387 e. The van der Waals surface area contributed by atoms with Crippen molar-refractivity contribution in [2.45, 2.75) is 33.4 Å². The summed E-state index contributed by atoms with van der Waals surface area (Å²) < 4.78 is 39.0. The Bertz CT molecular complexity index is 667. The number of hydrogen-bond acceptors (Lipinski definition) is 6. The third-order valence-electron chi connectivity index (χ3n) is 2.93. The summed E-state index contributed by atoms with van der Waals surface area (Å²) in [6, 6.07) is 3.46. The highest BCUT2D eigenvalue weighted by atomic mass is 19.3. The van der Waals surface area contributed by atoms with Crippen molar-refractivity contribution in [2.75, 3.05) is 19.8 Å². The molecule has 0 spiro atoms. The first kappa shape index (κ1) is 22.1. The number of rotatable bonds is 10. The number of ether oxygens (including phenoxy) is 3. The topological polar surface area (TPSA) is 103 Å². The van der Waals surface area contributed by atoms with Crippen molar-refractivity contribution < 1.29 is 37.4 Å². The third kappa shape index (κ3) is 8.34. The fraction of sp³-hybridized carbons (Fsp3) is 0.471. The summed E-state index contributed by atoms with van der Waals surface area (Å²) >= 11 is 0. The van der Waals surface area contributed by atoms with Crippen LogP contribution in [0.3, 0.4) is 0 Å². The smallest absolute Gasteiger partial charge is 0.387 e. The molecule has 0 heterocycles. The van der Waals surface area contributed by atoms with Crippen LogP contribution >= 0.6 is 0 Å². The van der Waals surface area contributed by atoms with Gasteiger partial charge < -0.3 is 24.8 Å². The summed E-state index contributed by atoms with van der Waals surface area (Å²) in [5.74, 6) is -2.17. The number of hydrogen-bond donors (Lipinski definition) is 2. The minimum atomic E-state index is -3.04. The number of alkyl halides is 2. The Morgan fingerprint density at radius 2 is 1.81 bits per heavy atom. The Morgan fingerprint density at radius 3 is 2.41 bits per heavy atom. The lowest BCUT2D eigenvalue weighted by atomic mass is 10.2. The lowest BCUT2D eigenvalue weighted by Crippen LogP contribution is -2.41. The van der Waals surface area contributed by atoms with Gasteiger partial charge in [0.05, 0.1) is 18.7 Å². The Kier molecular flexibility index (Phi) is 8.97. The maximum absolute atomic E-state index is 12.4. The molecule has 8 nitrogen and oxygen atoms in total. The van der Waals surface area contributed by atoms with E-state index in [0.29, 0.717) is 0 Å². The molecule has 1 rings (SSSR count). The van der Waals surface area contributed by atoms with E-state index in [1.54, 1.807) is 20.8 Å². The number of benzene rings is 1. The summed E-state index contributed by atoms with van der Waals surface area (Å²) in [6.45, 7) is 1.45. The first-order valence-electron chi connectivity index (χ1n) is 8.17. The first-order valence-corrected chi connectivity index (χ1v) is 8.17. The number of halogens is 2. The largest absolute Gasteiger partial charge is 0.490 e. The number of carbonyl (C=O) groups is 3. The molecule has 0 bridgehead atoms. The number of amides is 2. The molecule has 1 aromatic carbocycles. The zero-order valence-corrected chi connectivity index (χ0v) is 15.2. The lowest BCUT2D eigenvalue weighted by molar-refractivity contribution is -0.128. The van der Waals surface area contributed by atoms with Crippen molar-refractivity contribution in [3.8, 4) is 11.5 Å². The molecule has 1 aromatic rings. The van der Waals surface area contributed by atoms with E-state index in [4.69, 9.17) is 9.47 Å². The van der Waals surface area contributed by atoms with Crippen molar-refractivity contribution in [3.05, 3.63) is 23.8 Å². The minimum absolute atomic E-state index is 0.00887. The monoisotopic (exact) mass is 388 g/mol. The Hall–Kier alpha value is -2.91. The van der Waals surface area contributed by atoms with Gasteiger partial charge in [0.25, 0.3) is 5.91 Å². The summed E-state index contributed by atoms with van der Waals surface area (Å²) in [6.07, 6.45) is 0. The Labute approximate surface area is 155 Å². The summed E-state index contributed by atoms with van der Waals surface area (Å²) in [7, 11) is 0. The van der Waals surface area contributed by atoms with E-state index >= 15 is 0 Å². The molecule has 0 saturated heterocycles. The van der Waals surface area contributed by atoms with E-state index in [1.807, 2.05) is 0 Å². The molecule has 0 unspecified atom stereocenters. The normalized spacial score (nSPS) is 10.5. The average molecular weight is 388 g/mol. The average Bonchev–Trinajstić information content (AvgIpc) is 2.58. The highest BCUT2D eigenvalue weighted by Crippen LogP contribution is 2.30. The molecule has 0 fully saturated rings. The molecule has 0 radical (unpaired) electrons. The van der Waals surface area contributed by atoms with Gasteiger partial charge in [-0.1, -0.05) is 0 Å². The van der Waals surface area contributed by atoms with E-state index in [2.05, 4.69) is 15.4 Å². The highest BCUT2D eigenvalue weighted by molar-refractivity contribution is 5.92. The molecule has 2 amide bonds. The molecule has 0 aromatic heterocycles. The second-order valence-electron chi connectivity index (χ2n) is 5.55. The van der Waals surface area contributed by atoms with Gasteiger partial charge in [0.15, 0.2) is 18.1 Å². The predicted molar refractivity (Wildman–Crippen MR) is 90.8 cm³/mol. The van der Waals surface area contributed by atoms with Crippen LogP contribution in [0.1, 0.15) is 31.1 Å². The van der Waals surface area contributed by atoms with Crippen LogP contribution < -0.4 is 20.1 Å².